The van der Waals surface area contributed by atoms with E-state index in [4.69, 9.17) is 0 Å². The lowest BCUT2D eigenvalue weighted by atomic mass is 9.78. The second kappa shape index (κ2) is 4.03. The van der Waals surface area contributed by atoms with Gasteiger partial charge in [-0.3, -0.25) is 0 Å². The van der Waals surface area contributed by atoms with E-state index < -0.39 is 0 Å². The molecule has 2 amide bonds. The van der Waals surface area contributed by atoms with Gasteiger partial charge in [0.15, 0.2) is 0 Å². The molecule has 2 aliphatic rings. The minimum absolute atomic E-state index is 0.195. The van der Waals surface area contributed by atoms with E-state index in [1.807, 2.05) is 14.1 Å². The van der Waals surface area contributed by atoms with Gasteiger partial charge in [0.05, 0.1) is 0 Å². The first-order valence-electron chi connectivity index (χ1n) is 6.09. The van der Waals surface area contributed by atoms with Crippen molar-refractivity contribution in [3.8, 4) is 0 Å². The van der Waals surface area contributed by atoms with Crippen molar-refractivity contribution in [1.82, 2.24) is 9.80 Å². The number of carbonyl (C=O) groups is 1. The third-order valence-electron chi connectivity index (χ3n) is 3.98. The first kappa shape index (κ1) is 10.8. The maximum atomic E-state index is 11.9. The van der Waals surface area contributed by atoms with Gasteiger partial charge in [-0.1, -0.05) is 12.8 Å². The SMILES string of the molecule is CN(C)C(=O)N1CCCC2(CCCC2)C1. The molecule has 3 heteroatoms. The highest BCUT2D eigenvalue weighted by Crippen LogP contribution is 2.44. The summed E-state index contributed by atoms with van der Waals surface area (Å²) in [6, 6.07) is 0.195. The molecule has 1 saturated carbocycles. The van der Waals surface area contributed by atoms with E-state index in [2.05, 4.69) is 4.90 Å². The molecule has 1 aliphatic carbocycles. The van der Waals surface area contributed by atoms with Crippen molar-refractivity contribution in [3.05, 3.63) is 0 Å². The zero-order valence-corrected chi connectivity index (χ0v) is 9.96. The Labute approximate surface area is 92.4 Å². The number of nitrogens with zero attached hydrogens (tertiary/aromatic N) is 2. The summed E-state index contributed by atoms with van der Waals surface area (Å²) < 4.78 is 0. The predicted octanol–water partition coefficient (Wildman–Crippen LogP) is 2.32. The Kier molecular flexibility index (Phi) is 2.89. The predicted molar refractivity (Wildman–Crippen MR) is 60.8 cm³/mol. The van der Waals surface area contributed by atoms with Crippen LogP contribution in [0.4, 0.5) is 4.79 Å². The van der Waals surface area contributed by atoms with Crippen molar-refractivity contribution >= 4 is 6.03 Å². The topological polar surface area (TPSA) is 23.6 Å². The van der Waals surface area contributed by atoms with Crippen LogP contribution in [0.3, 0.4) is 0 Å². The lowest BCUT2D eigenvalue weighted by Crippen LogP contribution is -2.48. The van der Waals surface area contributed by atoms with Crippen molar-refractivity contribution in [2.45, 2.75) is 38.5 Å². The van der Waals surface area contributed by atoms with Gasteiger partial charge in [-0.25, -0.2) is 4.79 Å². The number of hydrogen-bond donors (Lipinski definition) is 0. The second-order valence-corrected chi connectivity index (χ2v) is 5.41. The first-order valence-corrected chi connectivity index (χ1v) is 6.09. The van der Waals surface area contributed by atoms with Crippen LogP contribution < -0.4 is 0 Å². The maximum Gasteiger partial charge on any atom is 0.319 e. The van der Waals surface area contributed by atoms with Crippen molar-refractivity contribution in [3.63, 3.8) is 0 Å². The number of hydrogen-bond acceptors (Lipinski definition) is 1. The highest BCUT2D eigenvalue weighted by atomic mass is 16.2. The van der Waals surface area contributed by atoms with Gasteiger partial charge in [-0.2, -0.15) is 0 Å². The molecule has 0 aromatic carbocycles. The number of amides is 2. The van der Waals surface area contributed by atoms with Crippen molar-refractivity contribution < 1.29 is 4.79 Å². The van der Waals surface area contributed by atoms with Crippen LogP contribution in [0.5, 0.6) is 0 Å². The molecule has 2 fully saturated rings. The molecule has 0 aromatic heterocycles. The third-order valence-corrected chi connectivity index (χ3v) is 3.98. The molecule has 0 aromatic rings. The molecular weight excluding hydrogens is 188 g/mol. The van der Waals surface area contributed by atoms with Crippen molar-refractivity contribution in [1.29, 1.82) is 0 Å². The minimum Gasteiger partial charge on any atom is -0.331 e. The summed E-state index contributed by atoms with van der Waals surface area (Å²) in [6.45, 7) is 1.96. The fourth-order valence-electron chi connectivity index (χ4n) is 3.19. The normalized spacial score (nSPS) is 24.5. The Bertz CT molecular complexity index is 244. The van der Waals surface area contributed by atoms with Crippen LogP contribution in [-0.4, -0.2) is 43.0 Å². The van der Waals surface area contributed by atoms with E-state index in [1.165, 1.54) is 38.5 Å². The van der Waals surface area contributed by atoms with Gasteiger partial charge in [0.2, 0.25) is 0 Å². The van der Waals surface area contributed by atoms with E-state index in [0.717, 1.165) is 13.1 Å². The summed E-state index contributed by atoms with van der Waals surface area (Å²) >= 11 is 0. The minimum atomic E-state index is 0.195. The van der Waals surface area contributed by atoms with Crippen LogP contribution >= 0.6 is 0 Å². The molecule has 0 atom stereocenters. The highest BCUT2D eigenvalue weighted by molar-refractivity contribution is 5.74. The molecule has 0 bridgehead atoms. The van der Waals surface area contributed by atoms with E-state index in [1.54, 1.807) is 4.90 Å². The lowest BCUT2D eigenvalue weighted by Gasteiger charge is -2.41. The lowest BCUT2D eigenvalue weighted by molar-refractivity contribution is 0.0956. The van der Waals surface area contributed by atoms with Crippen molar-refractivity contribution in [2.24, 2.45) is 5.41 Å². The van der Waals surface area contributed by atoms with Crippen LogP contribution in [0.15, 0.2) is 0 Å². The van der Waals surface area contributed by atoms with Crippen LogP contribution in [0.2, 0.25) is 0 Å². The van der Waals surface area contributed by atoms with Crippen molar-refractivity contribution in [2.75, 3.05) is 27.2 Å². The molecule has 1 heterocycles. The fraction of sp³-hybridized carbons (Fsp3) is 0.917. The van der Waals surface area contributed by atoms with Gasteiger partial charge in [-0.15, -0.1) is 0 Å². The summed E-state index contributed by atoms with van der Waals surface area (Å²) in [5, 5.41) is 0. The number of urea groups is 1. The molecule has 1 spiro atoms. The zero-order chi connectivity index (χ0) is 10.9. The monoisotopic (exact) mass is 210 g/mol. The quantitative estimate of drug-likeness (QED) is 0.602. The average Bonchev–Trinajstić information content (AvgIpc) is 2.65. The standard InChI is InChI=1S/C12H22N2O/c1-13(2)11(15)14-9-5-8-12(10-14)6-3-4-7-12/h3-10H2,1-2H3. The largest absolute Gasteiger partial charge is 0.331 e. The molecule has 3 nitrogen and oxygen atoms in total. The van der Waals surface area contributed by atoms with Gasteiger partial charge in [-0.05, 0) is 31.1 Å². The Morgan fingerprint density at radius 2 is 1.73 bits per heavy atom. The highest BCUT2D eigenvalue weighted by Gasteiger charge is 2.39. The van der Waals surface area contributed by atoms with Crippen LogP contribution in [-0.2, 0) is 0 Å². The maximum absolute atomic E-state index is 11.9. The number of rotatable bonds is 0. The molecule has 86 valence electrons. The molecule has 0 N–H and O–H groups in total. The zero-order valence-electron chi connectivity index (χ0n) is 9.96. The van der Waals surface area contributed by atoms with E-state index in [-0.39, 0.29) is 6.03 Å². The van der Waals surface area contributed by atoms with Gasteiger partial charge in [0.25, 0.3) is 0 Å². The second-order valence-electron chi connectivity index (χ2n) is 5.41. The Morgan fingerprint density at radius 1 is 1.13 bits per heavy atom. The third kappa shape index (κ3) is 2.11. The van der Waals surface area contributed by atoms with Crippen LogP contribution in [0.25, 0.3) is 0 Å². The summed E-state index contributed by atoms with van der Waals surface area (Å²) in [6.07, 6.45) is 7.94. The van der Waals surface area contributed by atoms with Gasteiger partial charge >= 0.3 is 6.03 Å². The molecule has 1 saturated heterocycles. The molecule has 1 aliphatic heterocycles. The molecular formula is C12H22N2O. The smallest absolute Gasteiger partial charge is 0.319 e. The summed E-state index contributed by atoms with van der Waals surface area (Å²) in [7, 11) is 3.69. The molecule has 15 heavy (non-hydrogen) atoms. The summed E-state index contributed by atoms with van der Waals surface area (Å²) in [5.41, 5.74) is 0.490. The summed E-state index contributed by atoms with van der Waals surface area (Å²) in [4.78, 5) is 15.6. The molecule has 2 rings (SSSR count). The van der Waals surface area contributed by atoms with Crippen LogP contribution in [0, 0.1) is 5.41 Å². The van der Waals surface area contributed by atoms with Gasteiger partial charge in [0.1, 0.15) is 0 Å². The molecule has 0 radical (unpaired) electrons. The number of piperidine rings is 1. The fourth-order valence-corrected chi connectivity index (χ4v) is 3.19. The Balaban J connectivity index is 2.00. The van der Waals surface area contributed by atoms with Crippen LogP contribution in [0.1, 0.15) is 38.5 Å². The van der Waals surface area contributed by atoms with Gasteiger partial charge in [0, 0.05) is 27.2 Å². The summed E-state index contributed by atoms with van der Waals surface area (Å²) in [5.74, 6) is 0. The van der Waals surface area contributed by atoms with Gasteiger partial charge < -0.3 is 9.80 Å². The number of likely N-dealkylation sites (tertiary alicyclic amines) is 1. The van der Waals surface area contributed by atoms with E-state index in [0.29, 0.717) is 5.41 Å². The van der Waals surface area contributed by atoms with E-state index in [9.17, 15) is 4.79 Å². The molecule has 0 unspecified atom stereocenters. The first-order chi connectivity index (χ1) is 7.13. The number of carbonyl (C=O) groups excluding carboxylic acids is 1. The van der Waals surface area contributed by atoms with E-state index >= 15 is 0 Å². The average molecular weight is 210 g/mol. The Hall–Kier alpha value is -0.730. The Morgan fingerprint density at radius 3 is 2.33 bits per heavy atom.